The number of rotatable bonds is 9. The van der Waals surface area contributed by atoms with Crippen LogP contribution in [0.1, 0.15) is 18.4 Å². The number of hydrogen-bond donors (Lipinski definition) is 1. The number of benzene rings is 2. The Balaban J connectivity index is 1.54. The van der Waals surface area contributed by atoms with Crippen LogP contribution < -0.4 is 10.1 Å². The second-order valence-corrected chi connectivity index (χ2v) is 7.36. The quantitative estimate of drug-likeness (QED) is 0.278. The van der Waals surface area contributed by atoms with Crippen LogP contribution in [-0.4, -0.2) is 27.3 Å². The van der Waals surface area contributed by atoms with Gasteiger partial charge < -0.3 is 10.1 Å². The summed E-state index contributed by atoms with van der Waals surface area (Å²) in [4.78, 5) is 16.9. The van der Waals surface area contributed by atoms with E-state index in [2.05, 4.69) is 16.4 Å². The number of nitrogens with zero attached hydrogens (tertiary/aromatic N) is 4. The van der Waals surface area contributed by atoms with Gasteiger partial charge in [0.1, 0.15) is 0 Å². The minimum absolute atomic E-state index is 0.331. The maximum Gasteiger partial charge on any atom is 0.249 e. The monoisotopic (exact) mass is 449 g/mol. The number of anilines is 1. The van der Waals surface area contributed by atoms with Gasteiger partial charge in [0, 0.05) is 36.0 Å². The van der Waals surface area contributed by atoms with Crippen molar-refractivity contribution in [2.45, 2.75) is 12.8 Å². The van der Waals surface area contributed by atoms with Crippen molar-refractivity contribution in [1.29, 1.82) is 5.26 Å². The number of para-hydroxylation sites is 1. The Kier molecular flexibility index (Phi) is 7.44. The topological polar surface area (TPSA) is 92.8 Å². The van der Waals surface area contributed by atoms with E-state index in [1.54, 1.807) is 29.1 Å². The molecule has 2 aromatic carbocycles. The second kappa shape index (κ2) is 11.2. The number of pyridine rings is 1. The molecular weight excluding hydrogens is 426 g/mol. The number of nitrogens with one attached hydrogen (secondary N) is 1. The highest BCUT2D eigenvalue weighted by Crippen LogP contribution is 2.25. The Morgan fingerprint density at radius 1 is 1.06 bits per heavy atom. The summed E-state index contributed by atoms with van der Waals surface area (Å²) in [5.41, 5.74) is 3.46. The van der Waals surface area contributed by atoms with Crippen LogP contribution in [-0.2, 0) is 4.79 Å². The SMILES string of the molecule is N#CCCCOc1cccnc1NC(=O)/C=C/c1cn(-c2ccccc2)nc1-c1ccccc1. The Hall–Kier alpha value is -4.70. The van der Waals surface area contributed by atoms with E-state index in [0.717, 1.165) is 22.5 Å². The average Bonchev–Trinajstić information content (AvgIpc) is 3.32. The highest BCUT2D eigenvalue weighted by molar-refractivity contribution is 6.02. The lowest BCUT2D eigenvalue weighted by Gasteiger charge is -2.09. The molecule has 0 spiro atoms. The molecule has 34 heavy (non-hydrogen) atoms. The maximum absolute atomic E-state index is 12.7. The van der Waals surface area contributed by atoms with Crippen molar-refractivity contribution in [3.05, 3.63) is 96.8 Å². The van der Waals surface area contributed by atoms with Gasteiger partial charge in [-0.1, -0.05) is 48.5 Å². The molecule has 4 aromatic rings. The molecular formula is C27H23N5O2. The van der Waals surface area contributed by atoms with Crippen molar-refractivity contribution in [1.82, 2.24) is 14.8 Å². The van der Waals surface area contributed by atoms with Crippen molar-refractivity contribution in [2.24, 2.45) is 0 Å². The first-order valence-corrected chi connectivity index (χ1v) is 10.9. The number of hydrogen-bond acceptors (Lipinski definition) is 5. The van der Waals surface area contributed by atoms with Crippen LogP contribution in [0.4, 0.5) is 5.82 Å². The van der Waals surface area contributed by atoms with Gasteiger partial charge in [-0.2, -0.15) is 10.4 Å². The van der Waals surface area contributed by atoms with Crippen LogP contribution in [0.25, 0.3) is 23.0 Å². The zero-order valence-corrected chi connectivity index (χ0v) is 18.5. The first-order valence-electron chi connectivity index (χ1n) is 10.9. The van der Waals surface area contributed by atoms with Crippen LogP contribution in [0.15, 0.2) is 91.3 Å². The van der Waals surface area contributed by atoms with Crippen LogP contribution in [0.2, 0.25) is 0 Å². The number of ether oxygens (including phenoxy) is 1. The largest absolute Gasteiger partial charge is 0.490 e. The molecule has 0 aliphatic carbocycles. The van der Waals surface area contributed by atoms with Crippen LogP contribution in [0, 0.1) is 11.3 Å². The number of amides is 1. The molecule has 0 aliphatic heterocycles. The van der Waals surface area contributed by atoms with E-state index >= 15 is 0 Å². The van der Waals surface area contributed by atoms with E-state index < -0.39 is 0 Å². The number of carbonyl (C=O) groups excluding carboxylic acids is 1. The number of unbranched alkanes of at least 4 members (excludes halogenated alkanes) is 1. The van der Waals surface area contributed by atoms with Gasteiger partial charge in [-0.3, -0.25) is 4.79 Å². The van der Waals surface area contributed by atoms with Gasteiger partial charge in [0.15, 0.2) is 11.6 Å². The third-order valence-electron chi connectivity index (χ3n) is 4.93. The summed E-state index contributed by atoms with van der Waals surface area (Å²) in [6.45, 7) is 0.372. The summed E-state index contributed by atoms with van der Waals surface area (Å²) in [6.07, 6.45) is 7.68. The Morgan fingerprint density at radius 3 is 2.59 bits per heavy atom. The van der Waals surface area contributed by atoms with Crippen molar-refractivity contribution in [3.63, 3.8) is 0 Å². The molecule has 0 bridgehead atoms. The predicted molar refractivity (Wildman–Crippen MR) is 131 cm³/mol. The molecule has 0 fully saturated rings. The highest BCUT2D eigenvalue weighted by atomic mass is 16.5. The molecule has 168 valence electrons. The summed E-state index contributed by atoms with van der Waals surface area (Å²) < 4.78 is 7.46. The van der Waals surface area contributed by atoms with Gasteiger partial charge in [0.25, 0.3) is 0 Å². The lowest BCUT2D eigenvalue weighted by atomic mass is 10.1. The van der Waals surface area contributed by atoms with Crippen LogP contribution >= 0.6 is 0 Å². The van der Waals surface area contributed by atoms with E-state index in [1.165, 1.54) is 6.08 Å². The molecule has 1 amide bonds. The minimum Gasteiger partial charge on any atom is -0.490 e. The van der Waals surface area contributed by atoms with Gasteiger partial charge in [0.05, 0.1) is 24.1 Å². The molecule has 0 unspecified atom stereocenters. The number of carbonyl (C=O) groups is 1. The first-order chi connectivity index (χ1) is 16.7. The van der Waals surface area contributed by atoms with Crippen molar-refractivity contribution < 1.29 is 9.53 Å². The van der Waals surface area contributed by atoms with Crippen molar-refractivity contribution in [3.8, 4) is 28.8 Å². The van der Waals surface area contributed by atoms with Gasteiger partial charge in [0.2, 0.25) is 5.91 Å². The normalized spacial score (nSPS) is 10.7. The molecule has 2 heterocycles. The summed E-state index contributed by atoms with van der Waals surface area (Å²) >= 11 is 0. The van der Waals surface area contributed by atoms with Crippen molar-refractivity contribution >= 4 is 17.8 Å². The molecule has 7 heteroatoms. The molecule has 2 aromatic heterocycles. The molecule has 0 atom stereocenters. The van der Waals surface area contributed by atoms with E-state index in [-0.39, 0.29) is 5.91 Å². The van der Waals surface area contributed by atoms with Crippen LogP contribution in [0.3, 0.4) is 0 Å². The zero-order valence-electron chi connectivity index (χ0n) is 18.5. The van der Waals surface area contributed by atoms with Crippen LogP contribution in [0.5, 0.6) is 5.75 Å². The molecule has 1 N–H and O–H groups in total. The molecule has 0 saturated heterocycles. The first kappa shape index (κ1) is 22.5. The standard InChI is InChI=1S/C27H23N5O2/c28-17-7-8-19-34-24-14-9-18-29-27(24)30-25(33)16-15-22-20-32(23-12-5-2-6-13-23)31-26(22)21-10-3-1-4-11-21/h1-6,9-16,18,20H,7-8,19H2,(H,29,30,33)/b16-15+. The third kappa shape index (κ3) is 5.75. The summed E-state index contributed by atoms with van der Waals surface area (Å²) in [5.74, 6) is 0.452. The highest BCUT2D eigenvalue weighted by Gasteiger charge is 2.12. The fourth-order valence-corrected chi connectivity index (χ4v) is 3.30. The van der Waals surface area contributed by atoms with Gasteiger partial charge in [-0.05, 0) is 36.8 Å². The van der Waals surface area contributed by atoms with Gasteiger partial charge in [-0.15, -0.1) is 0 Å². The lowest BCUT2D eigenvalue weighted by Crippen LogP contribution is -2.11. The zero-order chi connectivity index (χ0) is 23.6. The summed E-state index contributed by atoms with van der Waals surface area (Å²) in [7, 11) is 0. The Morgan fingerprint density at radius 2 is 1.82 bits per heavy atom. The van der Waals surface area contributed by atoms with Gasteiger partial charge >= 0.3 is 0 Å². The lowest BCUT2D eigenvalue weighted by molar-refractivity contribution is -0.111. The third-order valence-corrected chi connectivity index (χ3v) is 4.93. The smallest absolute Gasteiger partial charge is 0.249 e. The number of aromatic nitrogens is 3. The summed E-state index contributed by atoms with van der Waals surface area (Å²) in [6, 6.07) is 25.2. The molecule has 4 rings (SSSR count). The predicted octanol–water partition coefficient (Wildman–Crippen LogP) is 5.27. The van der Waals surface area contributed by atoms with Crippen molar-refractivity contribution in [2.75, 3.05) is 11.9 Å². The fourth-order valence-electron chi connectivity index (χ4n) is 3.30. The number of nitriles is 1. The molecule has 0 saturated carbocycles. The van der Waals surface area contributed by atoms with E-state index in [1.807, 2.05) is 66.9 Å². The molecule has 0 aliphatic rings. The van der Waals surface area contributed by atoms with E-state index in [4.69, 9.17) is 15.1 Å². The molecule has 7 nitrogen and oxygen atoms in total. The fraction of sp³-hybridized carbons (Fsp3) is 0.111. The second-order valence-electron chi connectivity index (χ2n) is 7.36. The Bertz CT molecular complexity index is 1310. The minimum atomic E-state index is -0.341. The van der Waals surface area contributed by atoms with E-state index in [0.29, 0.717) is 31.0 Å². The van der Waals surface area contributed by atoms with E-state index in [9.17, 15) is 4.79 Å². The molecule has 0 radical (unpaired) electrons. The average molecular weight is 450 g/mol. The van der Waals surface area contributed by atoms with Gasteiger partial charge in [-0.25, -0.2) is 9.67 Å². The summed E-state index contributed by atoms with van der Waals surface area (Å²) in [5, 5.41) is 16.2. The Labute approximate surface area is 198 Å². The maximum atomic E-state index is 12.7.